The third-order valence-corrected chi connectivity index (χ3v) is 5.81. The van der Waals surface area contributed by atoms with Gasteiger partial charge in [-0.25, -0.2) is 0 Å². The maximum atomic E-state index is 12.2. The number of benzene rings is 1. The minimum atomic E-state index is -0.469. The molecule has 170 valence electrons. The van der Waals surface area contributed by atoms with E-state index in [-0.39, 0.29) is 17.1 Å². The van der Waals surface area contributed by atoms with Crippen LogP contribution in [-0.4, -0.2) is 22.9 Å². The third-order valence-electron chi connectivity index (χ3n) is 5.81. The number of nitrogens with one attached hydrogen (secondary N) is 1. The van der Waals surface area contributed by atoms with Gasteiger partial charge in [-0.3, -0.25) is 14.9 Å². The van der Waals surface area contributed by atoms with Gasteiger partial charge in [-0.05, 0) is 51.2 Å². The number of nitro benzene ring substituents is 1. The molecule has 0 bridgehead atoms. The summed E-state index contributed by atoms with van der Waals surface area (Å²) in [6.07, 6.45) is 13.5. The molecule has 1 unspecified atom stereocenters. The summed E-state index contributed by atoms with van der Waals surface area (Å²) in [7, 11) is 0. The molecule has 1 atom stereocenters. The number of nitrogens with zero attached hydrogens (tertiary/aromatic N) is 1. The zero-order chi connectivity index (χ0) is 22.4. The molecule has 0 saturated heterocycles. The number of hydrogen-bond acceptors (Lipinski definition) is 4. The molecule has 0 spiro atoms. The summed E-state index contributed by atoms with van der Waals surface area (Å²) in [5.41, 5.74) is 6.61. The molecule has 3 N–H and O–H groups in total. The molecule has 0 heterocycles. The van der Waals surface area contributed by atoms with Crippen LogP contribution >= 0.6 is 0 Å². The van der Waals surface area contributed by atoms with Crippen molar-refractivity contribution in [3.05, 3.63) is 39.9 Å². The molecule has 0 fully saturated rings. The molecule has 6 heteroatoms. The first-order valence-corrected chi connectivity index (χ1v) is 11.6. The lowest BCUT2D eigenvalue weighted by Crippen LogP contribution is -2.41. The maximum absolute atomic E-state index is 12.2. The van der Waals surface area contributed by atoms with Crippen molar-refractivity contribution in [2.45, 2.75) is 96.9 Å². The van der Waals surface area contributed by atoms with Crippen LogP contribution in [0.5, 0.6) is 0 Å². The van der Waals surface area contributed by atoms with Crippen LogP contribution in [0.1, 0.15) is 102 Å². The summed E-state index contributed by atoms with van der Waals surface area (Å²) in [6.45, 7) is 7.02. The van der Waals surface area contributed by atoms with E-state index in [2.05, 4.69) is 26.1 Å². The summed E-state index contributed by atoms with van der Waals surface area (Å²) in [4.78, 5) is 22.4. The van der Waals surface area contributed by atoms with Gasteiger partial charge in [0.15, 0.2) is 0 Å². The van der Waals surface area contributed by atoms with E-state index >= 15 is 0 Å². The van der Waals surface area contributed by atoms with E-state index in [1.54, 1.807) is 0 Å². The minimum absolute atomic E-state index is 0.0134. The largest absolute Gasteiger partial charge is 0.352 e. The van der Waals surface area contributed by atoms with E-state index in [0.29, 0.717) is 18.0 Å². The van der Waals surface area contributed by atoms with Crippen LogP contribution in [0.15, 0.2) is 24.3 Å². The molecule has 1 aromatic carbocycles. The average molecular weight is 420 g/mol. The second kappa shape index (κ2) is 14.1. The first-order chi connectivity index (χ1) is 14.3. The smallest absolute Gasteiger partial charge is 0.269 e. The molecule has 0 aliphatic heterocycles. The molecule has 1 rings (SSSR count). The van der Waals surface area contributed by atoms with E-state index in [1.807, 2.05) is 0 Å². The zero-order valence-electron chi connectivity index (χ0n) is 19.1. The molecule has 0 aliphatic rings. The topological polar surface area (TPSA) is 98.3 Å². The number of unbranched alkanes of at least 4 members (excludes halogenated alkanes) is 7. The number of amides is 1. The fourth-order valence-corrected chi connectivity index (χ4v) is 3.80. The molecule has 0 aromatic heterocycles. The lowest BCUT2D eigenvalue weighted by atomic mass is 9.81. The molecule has 1 aromatic rings. The van der Waals surface area contributed by atoms with Crippen LogP contribution in [0, 0.1) is 16.0 Å². The Morgan fingerprint density at radius 1 is 1.00 bits per heavy atom. The summed E-state index contributed by atoms with van der Waals surface area (Å²) >= 11 is 0. The number of nitro groups is 1. The Morgan fingerprint density at radius 3 is 2.07 bits per heavy atom. The summed E-state index contributed by atoms with van der Waals surface area (Å²) < 4.78 is 0. The van der Waals surface area contributed by atoms with Crippen LogP contribution in [0.4, 0.5) is 5.69 Å². The van der Waals surface area contributed by atoms with Crippen molar-refractivity contribution in [2.24, 2.45) is 11.7 Å². The quantitative estimate of drug-likeness (QED) is 0.195. The number of hydrogen-bond donors (Lipinski definition) is 2. The van der Waals surface area contributed by atoms with E-state index in [9.17, 15) is 14.9 Å². The van der Waals surface area contributed by atoms with Gasteiger partial charge in [0, 0.05) is 29.8 Å². The molecule has 30 heavy (non-hydrogen) atoms. The highest BCUT2D eigenvalue weighted by Crippen LogP contribution is 2.26. The van der Waals surface area contributed by atoms with Crippen molar-refractivity contribution < 1.29 is 9.72 Å². The number of carbonyl (C=O) groups is 1. The monoisotopic (exact) mass is 419 g/mol. The first kappa shape index (κ1) is 26.1. The third kappa shape index (κ3) is 10.7. The van der Waals surface area contributed by atoms with Gasteiger partial charge in [0.05, 0.1) is 4.92 Å². The van der Waals surface area contributed by atoms with E-state index in [1.165, 1.54) is 75.6 Å². The van der Waals surface area contributed by atoms with Crippen molar-refractivity contribution in [1.82, 2.24) is 5.32 Å². The van der Waals surface area contributed by atoms with Gasteiger partial charge < -0.3 is 11.1 Å². The molecule has 1 amide bonds. The van der Waals surface area contributed by atoms with E-state index in [4.69, 9.17) is 5.73 Å². The van der Waals surface area contributed by atoms with Gasteiger partial charge >= 0.3 is 0 Å². The van der Waals surface area contributed by atoms with Gasteiger partial charge in [0.25, 0.3) is 11.6 Å². The Balaban J connectivity index is 2.28. The summed E-state index contributed by atoms with van der Waals surface area (Å²) in [5.74, 6) is 0.241. The zero-order valence-corrected chi connectivity index (χ0v) is 19.1. The molecule has 6 nitrogen and oxygen atoms in total. The van der Waals surface area contributed by atoms with Crippen molar-refractivity contribution in [2.75, 3.05) is 6.54 Å². The van der Waals surface area contributed by atoms with Crippen LogP contribution in [0.25, 0.3) is 0 Å². The molecule has 0 aliphatic carbocycles. The highest BCUT2D eigenvalue weighted by molar-refractivity contribution is 5.94. The number of nitrogens with two attached hydrogens (primary N) is 1. The first-order valence-electron chi connectivity index (χ1n) is 11.6. The van der Waals surface area contributed by atoms with Gasteiger partial charge in [-0.1, -0.05) is 58.3 Å². The maximum Gasteiger partial charge on any atom is 0.269 e. The van der Waals surface area contributed by atoms with E-state index in [0.717, 1.165) is 19.3 Å². The highest BCUT2D eigenvalue weighted by atomic mass is 16.6. The normalized spacial score (nSPS) is 12.5. The second-order valence-electron chi connectivity index (χ2n) is 8.98. The van der Waals surface area contributed by atoms with Crippen molar-refractivity contribution in [1.29, 1.82) is 0 Å². The Hall–Kier alpha value is -1.95. The molecular formula is C24H41N3O3. The van der Waals surface area contributed by atoms with Gasteiger partial charge in [-0.2, -0.15) is 0 Å². The fraction of sp³-hybridized carbons (Fsp3) is 0.708. The lowest BCUT2D eigenvalue weighted by molar-refractivity contribution is -0.384. The number of non-ortho nitro benzene ring substituents is 1. The van der Waals surface area contributed by atoms with Crippen molar-refractivity contribution >= 4 is 11.6 Å². The predicted molar refractivity (Wildman–Crippen MR) is 124 cm³/mol. The van der Waals surface area contributed by atoms with Crippen molar-refractivity contribution in [3.8, 4) is 0 Å². The van der Waals surface area contributed by atoms with Crippen LogP contribution in [0.2, 0.25) is 0 Å². The Morgan fingerprint density at radius 2 is 1.53 bits per heavy atom. The Labute approximate surface area is 182 Å². The minimum Gasteiger partial charge on any atom is -0.352 e. The standard InChI is InChI=1S/C24H41N3O3/c1-4-5-6-7-8-9-10-11-13-21(24(2,3)25)14-12-19-26-23(28)20-15-17-22(18-16-20)27(29)30/h15-18,21H,4-14,19,25H2,1-3H3,(H,26,28). The van der Waals surface area contributed by atoms with Crippen LogP contribution < -0.4 is 11.1 Å². The van der Waals surface area contributed by atoms with Gasteiger partial charge in [0.1, 0.15) is 0 Å². The summed E-state index contributed by atoms with van der Waals surface area (Å²) in [6, 6.07) is 5.68. The molecular weight excluding hydrogens is 378 g/mol. The Kier molecular flexibility index (Phi) is 12.3. The van der Waals surface area contributed by atoms with Crippen LogP contribution in [0.3, 0.4) is 0 Å². The number of rotatable bonds is 16. The van der Waals surface area contributed by atoms with Crippen LogP contribution in [-0.2, 0) is 0 Å². The lowest BCUT2D eigenvalue weighted by Gasteiger charge is -2.31. The SMILES string of the molecule is CCCCCCCCCCC(CCCNC(=O)c1ccc([N+](=O)[O-])cc1)C(C)(C)N. The predicted octanol–water partition coefficient (Wildman–Crippen LogP) is 5.99. The van der Waals surface area contributed by atoms with Gasteiger partial charge in [0.2, 0.25) is 0 Å². The second-order valence-corrected chi connectivity index (χ2v) is 8.98. The van der Waals surface area contributed by atoms with Gasteiger partial charge in [-0.15, -0.1) is 0 Å². The molecule has 0 radical (unpaired) electrons. The molecule has 0 saturated carbocycles. The van der Waals surface area contributed by atoms with E-state index < -0.39 is 4.92 Å². The highest BCUT2D eigenvalue weighted by Gasteiger charge is 2.24. The average Bonchev–Trinajstić information content (AvgIpc) is 2.70. The number of carbonyl (C=O) groups excluding carboxylic acids is 1. The summed E-state index contributed by atoms with van der Waals surface area (Å²) in [5, 5.41) is 13.6. The fourth-order valence-electron chi connectivity index (χ4n) is 3.80. The van der Waals surface area contributed by atoms with Crippen molar-refractivity contribution in [3.63, 3.8) is 0 Å². The Bertz CT molecular complexity index is 624.